The molecule has 1 rings (SSSR count). The van der Waals surface area contributed by atoms with E-state index in [2.05, 4.69) is 16.5 Å². The molecule has 0 aromatic carbocycles. The van der Waals surface area contributed by atoms with E-state index < -0.39 is 12.4 Å². The van der Waals surface area contributed by atoms with E-state index in [-0.39, 0.29) is 5.75 Å². The summed E-state index contributed by atoms with van der Waals surface area (Å²) in [6.07, 6.45) is 0. The van der Waals surface area contributed by atoms with E-state index in [1.807, 2.05) is 0 Å². The third-order valence-corrected chi connectivity index (χ3v) is 2.77. The van der Waals surface area contributed by atoms with Crippen LogP contribution in [0.5, 0.6) is 0 Å². The SMILES string of the molecule is C=C(CSc1nc(C)cc(C)n1)[B-](F)(F)F. The lowest BCUT2D eigenvalue weighted by Gasteiger charge is -2.16. The molecule has 0 N–H and O–H groups in total. The molecule has 0 aliphatic heterocycles. The Hall–Kier alpha value is -0.975. The Bertz CT molecular complexity index is 386. The van der Waals surface area contributed by atoms with Crippen LogP contribution < -0.4 is 0 Å². The molecule has 1 aromatic rings. The topological polar surface area (TPSA) is 25.8 Å². The van der Waals surface area contributed by atoms with Crippen molar-refractivity contribution in [2.45, 2.75) is 19.0 Å². The number of thioether (sulfide) groups is 1. The van der Waals surface area contributed by atoms with Crippen molar-refractivity contribution >= 4 is 18.7 Å². The van der Waals surface area contributed by atoms with Crippen molar-refractivity contribution in [1.29, 1.82) is 0 Å². The van der Waals surface area contributed by atoms with Gasteiger partial charge in [0.2, 0.25) is 0 Å². The molecule has 1 heterocycles. The molecule has 0 saturated carbocycles. The molecule has 0 aliphatic carbocycles. The van der Waals surface area contributed by atoms with Crippen molar-refractivity contribution in [3.8, 4) is 0 Å². The first-order valence-electron chi connectivity index (χ1n) is 4.62. The van der Waals surface area contributed by atoms with Crippen LogP contribution in [0.4, 0.5) is 12.9 Å². The molecule has 16 heavy (non-hydrogen) atoms. The van der Waals surface area contributed by atoms with E-state index in [9.17, 15) is 12.9 Å². The van der Waals surface area contributed by atoms with Crippen molar-refractivity contribution in [2.75, 3.05) is 5.75 Å². The summed E-state index contributed by atoms with van der Waals surface area (Å²) in [7, 11) is 0. The average molecular weight is 247 g/mol. The predicted octanol–water partition coefficient (Wildman–Crippen LogP) is 3.13. The lowest BCUT2D eigenvalue weighted by Crippen LogP contribution is -2.20. The van der Waals surface area contributed by atoms with Crippen LogP contribution in [0.1, 0.15) is 11.4 Å². The molecule has 0 amide bonds. The Balaban J connectivity index is 2.65. The van der Waals surface area contributed by atoms with Gasteiger partial charge in [-0.25, -0.2) is 9.97 Å². The quantitative estimate of drug-likeness (QED) is 0.464. The van der Waals surface area contributed by atoms with Crippen molar-refractivity contribution in [3.05, 3.63) is 29.5 Å². The summed E-state index contributed by atoms with van der Waals surface area (Å²) < 4.78 is 36.7. The second kappa shape index (κ2) is 4.90. The van der Waals surface area contributed by atoms with Crippen molar-refractivity contribution in [3.63, 3.8) is 0 Å². The summed E-state index contributed by atoms with van der Waals surface area (Å²) in [5, 5.41) is 0.360. The van der Waals surface area contributed by atoms with Crippen molar-refractivity contribution < 1.29 is 12.9 Å². The van der Waals surface area contributed by atoms with Crippen LogP contribution >= 0.6 is 11.8 Å². The second-order valence-electron chi connectivity index (χ2n) is 3.45. The molecule has 0 radical (unpaired) electrons. The highest BCUT2D eigenvalue weighted by Crippen LogP contribution is 2.24. The van der Waals surface area contributed by atoms with Crippen LogP contribution in [0.2, 0.25) is 0 Å². The van der Waals surface area contributed by atoms with Gasteiger partial charge in [0.25, 0.3) is 0 Å². The molecule has 0 atom stereocenters. The van der Waals surface area contributed by atoms with Gasteiger partial charge in [-0.1, -0.05) is 11.8 Å². The lowest BCUT2D eigenvalue weighted by molar-refractivity contribution is 0.491. The van der Waals surface area contributed by atoms with Crippen LogP contribution in [-0.2, 0) is 0 Å². The van der Waals surface area contributed by atoms with Gasteiger partial charge in [-0.15, -0.1) is 12.1 Å². The van der Waals surface area contributed by atoms with Gasteiger partial charge in [-0.05, 0) is 25.7 Å². The first-order valence-corrected chi connectivity index (χ1v) is 5.60. The zero-order valence-electron chi connectivity index (χ0n) is 9.01. The van der Waals surface area contributed by atoms with Gasteiger partial charge in [0.05, 0.1) is 0 Å². The molecular formula is C9H11BF3N2S-. The maximum Gasteiger partial charge on any atom is 0.505 e. The molecule has 0 unspecified atom stereocenters. The van der Waals surface area contributed by atoms with Crippen LogP contribution in [0.3, 0.4) is 0 Å². The minimum Gasteiger partial charge on any atom is -0.445 e. The third kappa shape index (κ3) is 3.88. The van der Waals surface area contributed by atoms with Gasteiger partial charge >= 0.3 is 6.98 Å². The van der Waals surface area contributed by atoms with Crippen LogP contribution in [0, 0.1) is 13.8 Å². The zero-order chi connectivity index (χ0) is 12.3. The second-order valence-corrected chi connectivity index (χ2v) is 4.40. The molecule has 0 bridgehead atoms. The highest BCUT2D eigenvalue weighted by molar-refractivity contribution is 7.99. The van der Waals surface area contributed by atoms with Gasteiger partial charge in [-0.2, -0.15) is 0 Å². The standard InChI is InChI=1S/C9H11BF3N2S/c1-6(10(11,12)13)5-16-9-14-7(2)4-8(3)15-9/h4H,1,5H2,2-3H3/q-1. The number of aromatic nitrogens is 2. The molecular weight excluding hydrogens is 236 g/mol. The van der Waals surface area contributed by atoms with Crippen LogP contribution in [0.25, 0.3) is 0 Å². The fraction of sp³-hybridized carbons (Fsp3) is 0.333. The van der Waals surface area contributed by atoms with Crippen molar-refractivity contribution in [1.82, 2.24) is 9.97 Å². The molecule has 88 valence electrons. The number of halogens is 3. The van der Waals surface area contributed by atoms with E-state index in [0.717, 1.165) is 23.1 Å². The number of rotatable bonds is 4. The number of hydrogen-bond acceptors (Lipinski definition) is 3. The Morgan fingerprint density at radius 1 is 1.31 bits per heavy atom. The van der Waals surface area contributed by atoms with E-state index in [1.54, 1.807) is 19.9 Å². The van der Waals surface area contributed by atoms with E-state index in [0.29, 0.717) is 5.16 Å². The molecule has 1 aromatic heterocycles. The first-order chi connectivity index (χ1) is 7.29. The van der Waals surface area contributed by atoms with Crippen LogP contribution in [0.15, 0.2) is 23.3 Å². The van der Waals surface area contributed by atoms with E-state index in [4.69, 9.17) is 0 Å². The van der Waals surface area contributed by atoms with Gasteiger partial charge in [-0.3, -0.25) is 0 Å². The summed E-state index contributed by atoms with van der Waals surface area (Å²) in [4.78, 5) is 8.08. The molecule has 2 nitrogen and oxygen atoms in total. The smallest absolute Gasteiger partial charge is 0.445 e. The highest BCUT2D eigenvalue weighted by Gasteiger charge is 2.26. The Kier molecular flexibility index (Phi) is 4.01. The predicted molar refractivity (Wildman–Crippen MR) is 60.4 cm³/mol. The minimum absolute atomic E-state index is 0.216. The monoisotopic (exact) mass is 247 g/mol. The summed E-state index contributed by atoms with van der Waals surface area (Å²) in [5.41, 5.74) is 0.782. The van der Waals surface area contributed by atoms with Gasteiger partial charge in [0.1, 0.15) is 0 Å². The normalized spacial score (nSPS) is 11.6. The summed E-state index contributed by atoms with van der Waals surface area (Å²) >= 11 is 0.958. The Morgan fingerprint density at radius 3 is 2.25 bits per heavy atom. The van der Waals surface area contributed by atoms with Gasteiger partial charge < -0.3 is 12.9 Å². The molecule has 0 fully saturated rings. The summed E-state index contributed by atoms with van der Waals surface area (Å²) in [5.74, 6) is -0.216. The Labute approximate surface area is 96.4 Å². The molecule has 0 spiro atoms. The van der Waals surface area contributed by atoms with Crippen molar-refractivity contribution in [2.24, 2.45) is 0 Å². The minimum atomic E-state index is -4.96. The number of nitrogens with zero attached hydrogens (tertiary/aromatic N) is 2. The highest BCUT2D eigenvalue weighted by atomic mass is 32.2. The molecule has 7 heteroatoms. The summed E-state index contributed by atoms with van der Waals surface area (Å²) in [6.45, 7) is 1.61. The maximum absolute atomic E-state index is 12.2. The van der Waals surface area contributed by atoms with E-state index >= 15 is 0 Å². The fourth-order valence-electron chi connectivity index (χ4n) is 1.01. The molecule has 0 aliphatic rings. The van der Waals surface area contributed by atoms with Gasteiger partial charge in [0, 0.05) is 11.4 Å². The first kappa shape index (κ1) is 13.1. The van der Waals surface area contributed by atoms with Gasteiger partial charge in [0.15, 0.2) is 5.16 Å². The van der Waals surface area contributed by atoms with Crippen LogP contribution in [-0.4, -0.2) is 22.7 Å². The molecule has 0 saturated heterocycles. The largest absolute Gasteiger partial charge is 0.505 e. The third-order valence-electron chi connectivity index (χ3n) is 1.81. The average Bonchev–Trinajstić information content (AvgIpc) is 2.11. The Morgan fingerprint density at radius 2 is 1.81 bits per heavy atom. The fourth-order valence-corrected chi connectivity index (χ4v) is 1.93. The summed E-state index contributed by atoms with van der Waals surface area (Å²) in [6, 6.07) is 1.77. The number of aryl methyl sites for hydroxylation is 2. The maximum atomic E-state index is 12.2. The number of hydrogen-bond donors (Lipinski definition) is 0. The lowest BCUT2D eigenvalue weighted by atomic mass is 9.82. The van der Waals surface area contributed by atoms with E-state index in [1.165, 1.54) is 0 Å². The zero-order valence-corrected chi connectivity index (χ0v) is 9.82.